The van der Waals surface area contributed by atoms with Gasteiger partial charge >= 0.3 is 0 Å². The fourth-order valence-corrected chi connectivity index (χ4v) is 3.15. The summed E-state index contributed by atoms with van der Waals surface area (Å²) in [5.74, 6) is -3.48. The number of imide groups is 1. The Morgan fingerprint density at radius 1 is 1.00 bits per heavy atom. The van der Waals surface area contributed by atoms with Gasteiger partial charge in [0.05, 0.1) is 11.4 Å². The topological polar surface area (TPSA) is 65.3 Å². The molecule has 0 N–H and O–H groups in total. The summed E-state index contributed by atoms with van der Waals surface area (Å²) < 4.78 is 26.7. The van der Waals surface area contributed by atoms with Crippen molar-refractivity contribution in [3.8, 4) is 0 Å². The van der Waals surface area contributed by atoms with Crippen LogP contribution >= 0.6 is 11.6 Å². The fraction of sp³-hybridized carbons (Fsp3) is 0.176. The molecule has 132 valence electrons. The first-order valence-corrected chi connectivity index (χ1v) is 8.05. The SMILES string of the molecule is Cc1ccc(N2N=N[C@@H]3C(=O)N(c4ccc(F)c(F)c4)C(=O)[C@@H]32)cc1Cl. The van der Waals surface area contributed by atoms with Gasteiger partial charge in [-0.05, 0) is 36.8 Å². The Labute approximate surface area is 151 Å². The summed E-state index contributed by atoms with van der Waals surface area (Å²) in [5.41, 5.74) is 1.30. The fourth-order valence-electron chi connectivity index (χ4n) is 2.98. The highest BCUT2D eigenvalue weighted by Gasteiger charge is 2.55. The van der Waals surface area contributed by atoms with Crippen LogP contribution in [0.15, 0.2) is 46.7 Å². The molecule has 9 heteroatoms. The molecule has 1 fully saturated rings. The van der Waals surface area contributed by atoms with Crippen LogP contribution in [-0.4, -0.2) is 23.9 Å². The van der Waals surface area contributed by atoms with Crippen molar-refractivity contribution in [3.63, 3.8) is 0 Å². The molecule has 4 rings (SSSR count). The van der Waals surface area contributed by atoms with Crippen LogP contribution in [0.4, 0.5) is 20.2 Å². The Morgan fingerprint density at radius 3 is 2.42 bits per heavy atom. The number of hydrogen-bond acceptors (Lipinski definition) is 5. The quantitative estimate of drug-likeness (QED) is 0.754. The van der Waals surface area contributed by atoms with E-state index in [2.05, 4.69) is 10.3 Å². The highest BCUT2D eigenvalue weighted by Crippen LogP contribution is 2.36. The van der Waals surface area contributed by atoms with E-state index < -0.39 is 35.5 Å². The minimum atomic E-state index is -1.15. The molecule has 0 unspecified atom stereocenters. The van der Waals surface area contributed by atoms with Crippen LogP contribution in [0.3, 0.4) is 0 Å². The first-order valence-electron chi connectivity index (χ1n) is 7.67. The summed E-state index contributed by atoms with van der Waals surface area (Å²) in [7, 11) is 0. The summed E-state index contributed by atoms with van der Waals surface area (Å²) >= 11 is 6.12. The predicted octanol–water partition coefficient (Wildman–Crippen LogP) is 3.42. The van der Waals surface area contributed by atoms with Gasteiger partial charge in [-0.1, -0.05) is 22.9 Å². The van der Waals surface area contributed by atoms with E-state index in [1.54, 1.807) is 18.2 Å². The van der Waals surface area contributed by atoms with Gasteiger partial charge in [0.2, 0.25) is 0 Å². The van der Waals surface area contributed by atoms with Crippen LogP contribution in [0.2, 0.25) is 5.02 Å². The average molecular weight is 377 g/mol. The highest BCUT2D eigenvalue weighted by molar-refractivity contribution is 6.31. The van der Waals surface area contributed by atoms with Gasteiger partial charge in [0, 0.05) is 11.1 Å². The third-order valence-corrected chi connectivity index (χ3v) is 4.77. The van der Waals surface area contributed by atoms with E-state index in [1.807, 2.05) is 6.92 Å². The molecule has 2 aliphatic rings. The van der Waals surface area contributed by atoms with Crippen LogP contribution < -0.4 is 9.91 Å². The third-order valence-electron chi connectivity index (χ3n) is 4.36. The molecule has 2 aliphatic heterocycles. The molecule has 1 saturated heterocycles. The number of halogens is 3. The van der Waals surface area contributed by atoms with E-state index in [0.29, 0.717) is 10.7 Å². The molecule has 0 spiro atoms. The Hall–Kier alpha value is -2.87. The molecule has 2 heterocycles. The van der Waals surface area contributed by atoms with Gasteiger partial charge in [-0.15, -0.1) is 0 Å². The summed E-state index contributed by atoms with van der Waals surface area (Å²) in [4.78, 5) is 26.2. The summed E-state index contributed by atoms with van der Waals surface area (Å²) in [6.07, 6.45) is 0. The van der Waals surface area contributed by atoms with E-state index in [-0.39, 0.29) is 5.69 Å². The zero-order chi connectivity index (χ0) is 18.6. The molecular weight excluding hydrogens is 366 g/mol. The molecule has 26 heavy (non-hydrogen) atoms. The van der Waals surface area contributed by atoms with Crippen molar-refractivity contribution in [3.05, 3.63) is 58.6 Å². The number of nitrogens with zero attached hydrogens (tertiary/aromatic N) is 4. The zero-order valence-electron chi connectivity index (χ0n) is 13.4. The Balaban J connectivity index is 1.71. The van der Waals surface area contributed by atoms with E-state index in [0.717, 1.165) is 22.6 Å². The lowest BCUT2D eigenvalue weighted by Gasteiger charge is -2.21. The number of amides is 2. The van der Waals surface area contributed by atoms with Crippen molar-refractivity contribution >= 4 is 34.8 Å². The van der Waals surface area contributed by atoms with Gasteiger partial charge in [0.25, 0.3) is 11.8 Å². The molecule has 2 atom stereocenters. The maximum Gasteiger partial charge on any atom is 0.263 e. The molecule has 2 amide bonds. The van der Waals surface area contributed by atoms with Gasteiger partial charge < -0.3 is 0 Å². The Morgan fingerprint density at radius 2 is 1.73 bits per heavy atom. The van der Waals surface area contributed by atoms with E-state index in [4.69, 9.17) is 11.6 Å². The molecule has 6 nitrogen and oxygen atoms in total. The van der Waals surface area contributed by atoms with Gasteiger partial charge in [0.15, 0.2) is 23.7 Å². The van der Waals surface area contributed by atoms with Crippen LogP contribution in [0.1, 0.15) is 5.56 Å². The normalized spacial score (nSPS) is 21.7. The van der Waals surface area contributed by atoms with Crippen LogP contribution in [-0.2, 0) is 9.59 Å². The lowest BCUT2D eigenvalue weighted by molar-refractivity contribution is -0.121. The van der Waals surface area contributed by atoms with Crippen molar-refractivity contribution in [1.82, 2.24) is 0 Å². The molecule has 0 aromatic heterocycles. The van der Waals surface area contributed by atoms with Gasteiger partial charge in [0.1, 0.15) is 0 Å². The van der Waals surface area contributed by atoms with Crippen LogP contribution in [0.25, 0.3) is 0 Å². The minimum Gasteiger partial charge on any atom is -0.271 e. The lowest BCUT2D eigenvalue weighted by atomic mass is 10.1. The molecular formula is C17H11ClF2N4O2. The first kappa shape index (κ1) is 16.6. The second-order valence-electron chi connectivity index (χ2n) is 5.98. The monoisotopic (exact) mass is 376 g/mol. The summed E-state index contributed by atoms with van der Waals surface area (Å²) in [6, 6.07) is 5.88. The summed E-state index contributed by atoms with van der Waals surface area (Å²) in [5, 5.41) is 9.60. The molecule has 0 aliphatic carbocycles. The average Bonchev–Trinajstić information content (AvgIpc) is 3.14. The maximum absolute atomic E-state index is 13.5. The van der Waals surface area contributed by atoms with Crippen LogP contribution in [0.5, 0.6) is 0 Å². The second kappa shape index (κ2) is 5.84. The number of hydrogen-bond donors (Lipinski definition) is 0. The van der Waals surface area contributed by atoms with Crippen molar-refractivity contribution in [2.75, 3.05) is 9.91 Å². The Bertz CT molecular complexity index is 981. The molecule has 0 saturated carbocycles. The number of aryl methyl sites for hydroxylation is 1. The number of fused-ring (bicyclic) bond motifs is 1. The summed E-state index contributed by atoms with van der Waals surface area (Å²) in [6.45, 7) is 1.83. The minimum absolute atomic E-state index is 0.0506. The highest BCUT2D eigenvalue weighted by atomic mass is 35.5. The van der Waals surface area contributed by atoms with E-state index in [1.165, 1.54) is 11.1 Å². The van der Waals surface area contributed by atoms with Crippen molar-refractivity contribution in [2.24, 2.45) is 10.3 Å². The number of carbonyl (C=O) groups is 2. The van der Waals surface area contributed by atoms with Crippen molar-refractivity contribution in [2.45, 2.75) is 19.0 Å². The smallest absolute Gasteiger partial charge is 0.263 e. The van der Waals surface area contributed by atoms with Crippen LogP contribution in [0, 0.1) is 18.6 Å². The number of carbonyl (C=O) groups excluding carboxylic acids is 2. The standard InChI is InChI=1S/C17H11ClF2N4O2/c1-8-2-3-10(6-11(8)18)24-15-14(21-22-24)16(25)23(17(15)26)9-4-5-12(19)13(20)7-9/h2-7,14-15H,1H3/t14-,15+/m0/s1. The predicted molar refractivity (Wildman–Crippen MR) is 90.0 cm³/mol. The Kier molecular flexibility index (Phi) is 3.73. The molecule has 2 aromatic carbocycles. The first-order chi connectivity index (χ1) is 12.4. The molecule has 0 bridgehead atoms. The second-order valence-corrected chi connectivity index (χ2v) is 6.39. The largest absolute Gasteiger partial charge is 0.271 e. The van der Waals surface area contributed by atoms with Gasteiger partial charge in [-0.2, -0.15) is 5.11 Å². The lowest BCUT2D eigenvalue weighted by Crippen LogP contribution is -2.40. The van der Waals surface area contributed by atoms with Gasteiger partial charge in [-0.3, -0.25) is 9.59 Å². The molecule has 2 aromatic rings. The van der Waals surface area contributed by atoms with Crippen molar-refractivity contribution in [1.29, 1.82) is 0 Å². The van der Waals surface area contributed by atoms with Crippen molar-refractivity contribution < 1.29 is 18.4 Å². The third kappa shape index (κ3) is 2.37. The van der Waals surface area contributed by atoms with Gasteiger partial charge in [-0.25, -0.2) is 18.7 Å². The maximum atomic E-state index is 13.5. The number of anilines is 2. The number of rotatable bonds is 2. The zero-order valence-corrected chi connectivity index (χ0v) is 14.1. The number of benzene rings is 2. The van der Waals surface area contributed by atoms with E-state index in [9.17, 15) is 18.4 Å². The van der Waals surface area contributed by atoms with E-state index >= 15 is 0 Å². The molecule has 0 radical (unpaired) electrons.